The van der Waals surface area contributed by atoms with Gasteiger partial charge in [0.2, 0.25) is 5.95 Å². The van der Waals surface area contributed by atoms with E-state index in [1.807, 2.05) is 18.3 Å². The second kappa shape index (κ2) is 4.70. The maximum Gasteiger partial charge on any atom is 0.243 e. The fraction of sp³-hybridized carbons (Fsp3) is 0.167. The van der Waals surface area contributed by atoms with Crippen molar-refractivity contribution in [3.05, 3.63) is 44.7 Å². The topological polar surface area (TPSA) is 42.2 Å². The highest BCUT2D eigenvalue weighted by molar-refractivity contribution is 9.10. The van der Waals surface area contributed by atoms with Gasteiger partial charge in [0.25, 0.3) is 0 Å². The summed E-state index contributed by atoms with van der Waals surface area (Å²) in [4.78, 5) is 5.75. The van der Waals surface area contributed by atoms with Crippen LogP contribution in [0.3, 0.4) is 0 Å². The summed E-state index contributed by atoms with van der Waals surface area (Å²) in [5.41, 5.74) is 2.13. The van der Waals surface area contributed by atoms with E-state index in [0.717, 1.165) is 16.7 Å². The van der Waals surface area contributed by atoms with Crippen LogP contribution >= 0.6 is 27.3 Å². The summed E-state index contributed by atoms with van der Waals surface area (Å²) in [5.74, 6) is 0.648. The second-order valence-electron chi connectivity index (χ2n) is 3.94. The number of rotatable bonds is 3. The van der Waals surface area contributed by atoms with E-state index in [2.05, 4.69) is 49.7 Å². The summed E-state index contributed by atoms with van der Waals surface area (Å²) in [6.45, 7) is 2.87. The molecule has 3 rings (SSSR count). The van der Waals surface area contributed by atoms with Crippen LogP contribution in [0, 0.1) is 6.92 Å². The van der Waals surface area contributed by atoms with Crippen LogP contribution in [0.4, 0.5) is 5.95 Å². The average Bonchev–Trinajstić information content (AvgIpc) is 2.93. The molecule has 3 aromatic rings. The third-order valence-corrected chi connectivity index (χ3v) is 4.33. The maximum atomic E-state index is 4.44. The van der Waals surface area contributed by atoms with Gasteiger partial charge in [-0.3, -0.25) is 0 Å². The molecular weight excluding hydrogens is 312 g/mol. The van der Waals surface area contributed by atoms with Crippen LogP contribution < -0.4 is 5.32 Å². The summed E-state index contributed by atoms with van der Waals surface area (Å²) in [6, 6.07) is 6.01. The summed E-state index contributed by atoms with van der Waals surface area (Å²) in [7, 11) is 0. The number of thiophene rings is 1. The zero-order valence-corrected chi connectivity index (χ0v) is 12.1. The Bertz CT molecular complexity index is 688. The minimum absolute atomic E-state index is 0.648. The number of fused-ring (bicyclic) bond motifs is 1. The minimum Gasteiger partial charge on any atom is -0.348 e. The first-order valence-electron chi connectivity index (χ1n) is 5.52. The number of pyridine rings is 1. The first-order chi connectivity index (χ1) is 8.74. The number of hydrogen-bond donors (Lipinski definition) is 1. The first kappa shape index (κ1) is 11.7. The molecule has 0 radical (unpaired) electrons. The van der Waals surface area contributed by atoms with Crippen molar-refractivity contribution in [2.24, 2.45) is 0 Å². The summed E-state index contributed by atoms with van der Waals surface area (Å²) >= 11 is 5.21. The van der Waals surface area contributed by atoms with Crippen molar-refractivity contribution in [2.75, 3.05) is 5.32 Å². The Morgan fingerprint density at radius 1 is 1.44 bits per heavy atom. The Hall–Kier alpha value is -1.40. The van der Waals surface area contributed by atoms with Crippen molar-refractivity contribution in [2.45, 2.75) is 13.5 Å². The van der Waals surface area contributed by atoms with Crippen molar-refractivity contribution < 1.29 is 0 Å². The monoisotopic (exact) mass is 322 g/mol. The van der Waals surface area contributed by atoms with E-state index in [0.29, 0.717) is 5.95 Å². The Labute approximate surface area is 117 Å². The van der Waals surface area contributed by atoms with Crippen LogP contribution in [0.5, 0.6) is 0 Å². The Balaban J connectivity index is 1.83. The number of hydrogen-bond acceptors (Lipinski definition) is 4. The largest absolute Gasteiger partial charge is 0.348 e. The van der Waals surface area contributed by atoms with E-state index in [1.165, 1.54) is 10.4 Å². The number of nitrogens with one attached hydrogen (secondary N) is 1. The second-order valence-corrected chi connectivity index (χ2v) is 5.80. The molecule has 0 aromatic carbocycles. The number of halogens is 1. The molecular formula is C12H11BrN4S. The normalized spacial score (nSPS) is 11.0. The molecule has 6 heteroatoms. The van der Waals surface area contributed by atoms with Gasteiger partial charge in [0, 0.05) is 11.1 Å². The molecule has 0 atom stereocenters. The van der Waals surface area contributed by atoms with Crippen molar-refractivity contribution in [1.29, 1.82) is 0 Å². The van der Waals surface area contributed by atoms with E-state index in [4.69, 9.17) is 0 Å². The van der Waals surface area contributed by atoms with Gasteiger partial charge >= 0.3 is 0 Å². The molecule has 0 saturated heterocycles. The van der Waals surface area contributed by atoms with Gasteiger partial charge in [-0.1, -0.05) is 0 Å². The Morgan fingerprint density at radius 2 is 2.33 bits per heavy atom. The molecule has 1 N–H and O–H groups in total. The van der Waals surface area contributed by atoms with Gasteiger partial charge in [-0.15, -0.1) is 16.4 Å². The van der Waals surface area contributed by atoms with Gasteiger partial charge in [0.15, 0.2) is 5.65 Å². The van der Waals surface area contributed by atoms with Gasteiger partial charge in [0.05, 0.1) is 11.0 Å². The molecule has 0 aliphatic rings. The fourth-order valence-corrected chi connectivity index (χ4v) is 2.96. The average molecular weight is 323 g/mol. The van der Waals surface area contributed by atoms with Crippen LogP contribution in [0.2, 0.25) is 0 Å². The molecule has 0 bridgehead atoms. The van der Waals surface area contributed by atoms with Crippen molar-refractivity contribution in [1.82, 2.24) is 14.6 Å². The van der Waals surface area contributed by atoms with Crippen molar-refractivity contribution >= 4 is 38.9 Å². The van der Waals surface area contributed by atoms with E-state index in [-0.39, 0.29) is 0 Å². The zero-order valence-electron chi connectivity index (χ0n) is 9.72. The maximum absolute atomic E-state index is 4.44. The quantitative estimate of drug-likeness (QED) is 0.802. The van der Waals surface area contributed by atoms with Gasteiger partial charge in [-0.2, -0.15) is 4.98 Å². The number of aromatic nitrogens is 3. The fourth-order valence-electron chi connectivity index (χ4n) is 1.69. The van der Waals surface area contributed by atoms with Crippen LogP contribution in [0.25, 0.3) is 5.65 Å². The molecule has 0 saturated carbocycles. The van der Waals surface area contributed by atoms with Gasteiger partial charge < -0.3 is 5.32 Å². The van der Waals surface area contributed by atoms with Crippen molar-refractivity contribution in [3.63, 3.8) is 0 Å². The van der Waals surface area contributed by atoms with Gasteiger partial charge in [0.1, 0.15) is 0 Å². The lowest BCUT2D eigenvalue weighted by Crippen LogP contribution is -2.00. The lowest BCUT2D eigenvalue weighted by molar-refractivity contribution is 0.949. The number of anilines is 1. The molecule has 18 heavy (non-hydrogen) atoms. The lowest BCUT2D eigenvalue weighted by Gasteiger charge is -1.99. The lowest BCUT2D eigenvalue weighted by atomic mass is 10.3. The van der Waals surface area contributed by atoms with Crippen molar-refractivity contribution in [3.8, 4) is 0 Å². The van der Waals surface area contributed by atoms with Crippen LogP contribution in [0.15, 0.2) is 34.2 Å². The van der Waals surface area contributed by atoms with E-state index < -0.39 is 0 Å². The number of aryl methyl sites for hydroxylation is 1. The molecule has 92 valence electrons. The highest BCUT2D eigenvalue weighted by Gasteiger charge is 2.06. The van der Waals surface area contributed by atoms with Crippen LogP contribution in [-0.4, -0.2) is 14.6 Å². The molecule has 0 unspecified atom stereocenters. The first-order valence-corrected chi connectivity index (χ1v) is 7.19. The third kappa shape index (κ3) is 2.13. The van der Waals surface area contributed by atoms with Gasteiger partial charge in [-0.05, 0) is 52.0 Å². The Kier molecular flexibility index (Phi) is 3.05. The Morgan fingerprint density at radius 3 is 3.06 bits per heavy atom. The summed E-state index contributed by atoms with van der Waals surface area (Å²) in [5, 5.41) is 9.72. The highest BCUT2D eigenvalue weighted by Crippen LogP contribution is 2.19. The molecule has 3 aromatic heterocycles. The van der Waals surface area contributed by atoms with E-state index in [1.54, 1.807) is 15.9 Å². The molecule has 0 aliphatic heterocycles. The summed E-state index contributed by atoms with van der Waals surface area (Å²) in [6.07, 6.45) is 1.88. The van der Waals surface area contributed by atoms with E-state index in [9.17, 15) is 0 Å². The number of nitrogens with zero attached hydrogens (tertiary/aromatic N) is 3. The predicted molar refractivity (Wildman–Crippen MR) is 77.1 cm³/mol. The summed E-state index contributed by atoms with van der Waals surface area (Å²) < 4.78 is 2.70. The van der Waals surface area contributed by atoms with E-state index >= 15 is 0 Å². The molecule has 0 spiro atoms. The van der Waals surface area contributed by atoms with Crippen LogP contribution in [0.1, 0.15) is 10.4 Å². The SMILES string of the molecule is Cc1ccsc1CNc1nc2c(Br)cccn2n1. The molecule has 3 heterocycles. The minimum atomic E-state index is 0.648. The van der Waals surface area contributed by atoms with Gasteiger partial charge in [-0.25, -0.2) is 4.52 Å². The molecule has 4 nitrogen and oxygen atoms in total. The highest BCUT2D eigenvalue weighted by atomic mass is 79.9. The predicted octanol–water partition coefficient (Wildman–Crippen LogP) is 3.47. The zero-order chi connectivity index (χ0) is 12.5. The molecule has 0 amide bonds. The molecule has 0 fully saturated rings. The molecule has 0 aliphatic carbocycles. The smallest absolute Gasteiger partial charge is 0.243 e. The van der Waals surface area contributed by atoms with Crippen LogP contribution in [-0.2, 0) is 6.54 Å². The third-order valence-electron chi connectivity index (χ3n) is 2.69. The standard InChI is InChI=1S/C12H11BrN4S/c1-8-4-6-18-10(8)7-14-12-15-11-9(13)3-2-5-17(11)16-12/h2-6H,7H2,1H3,(H,14,16).